The molecule has 3 heteroatoms. The van der Waals surface area contributed by atoms with Gasteiger partial charge in [0.1, 0.15) is 0 Å². The quantitative estimate of drug-likeness (QED) is 0.570. The van der Waals surface area contributed by atoms with Gasteiger partial charge in [-0.2, -0.15) is 0 Å². The Hall–Kier alpha value is -0.570. The summed E-state index contributed by atoms with van der Waals surface area (Å²) >= 11 is 0. The van der Waals surface area contributed by atoms with Gasteiger partial charge < -0.3 is 9.47 Å². The number of hydrogen-bond donors (Lipinski definition) is 0. The molecule has 18 heavy (non-hydrogen) atoms. The standard InChI is InChI=1S/C15H22O3/c16-15(11-3-2-10-6-12(10)7-11)17-8-9-1-4-13-14(5-9)18-13/h9-14H,1-8H2. The average Bonchev–Trinajstić information content (AvgIpc) is 3.26. The molecule has 3 aliphatic carbocycles. The first-order valence-corrected chi connectivity index (χ1v) is 7.61. The van der Waals surface area contributed by atoms with Crippen LogP contribution in [0, 0.1) is 23.7 Å². The Morgan fingerprint density at radius 1 is 1.00 bits per heavy atom. The smallest absolute Gasteiger partial charge is 0.308 e. The van der Waals surface area contributed by atoms with E-state index in [0.29, 0.717) is 24.7 Å². The van der Waals surface area contributed by atoms with Crippen molar-refractivity contribution in [2.45, 2.75) is 57.2 Å². The lowest BCUT2D eigenvalue weighted by atomic mass is 9.88. The van der Waals surface area contributed by atoms with E-state index in [1.165, 1.54) is 25.7 Å². The van der Waals surface area contributed by atoms with Gasteiger partial charge in [-0.1, -0.05) is 0 Å². The molecule has 0 N–H and O–H groups in total. The van der Waals surface area contributed by atoms with E-state index >= 15 is 0 Å². The largest absolute Gasteiger partial charge is 0.465 e. The first-order valence-electron chi connectivity index (χ1n) is 7.61. The molecule has 6 unspecified atom stereocenters. The van der Waals surface area contributed by atoms with Crippen LogP contribution in [-0.2, 0) is 14.3 Å². The minimum absolute atomic E-state index is 0.0826. The topological polar surface area (TPSA) is 38.8 Å². The van der Waals surface area contributed by atoms with Crippen LogP contribution in [-0.4, -0.2) is 24.8 Å². The van der Waals surface area contributed by atoms with Gasteiger partial charge in [0.2, 0.25) is 0 Å². The van der Waals surface area contributed by atoms with Crippen molar-refractivity contribution >= 4 is 5.97 Å². The lowest BCUT2D eigenvalue weighted by Gasteiger charge is -2.23. The summed E-state index contributed by atoms with van der Waals surface area (Å²) in [6, 6.07) is 0. The molecule has 4 aliphatic rings. The van der Waals surface area contributed by atoms with Crippen LogP contribution < -0.4 is 0 Å². The van der Waals surface area contributed by atoms with Crippen molar-refractivity contribution in [3.63, 3.8) is 0 Å². The second-order valence-electron chi connectivity index (χ2n) is 6.79. The molecule has 0 aromatic heterocycles. The molecule has 0 aromatic rings. The summed E-state index contributed by atoms with van der Waals surface area (Å²) in [7, 11) is 0. The Bertz CT molecular complexity index is 354. The minimum Gasteiger partial charge on any atom is -0.465 e. The fourth-order valence-electron chi connectivity index (χ4n) is 4.02. The molecule has 3 nitrogen and oxygen atoms in total. The monoisotopic (exact) mass is 250 g/mol. The first kappa shape index (κ1) is 11.3. The molecule has 6 atom stereocenters. The summed E-state index contributed by atoms with van der Waals surface area (Å²) < 4.78 is 11.1. The van der Waals surface area contributed by atoms with Crippen molar-refractivity contribution in [3.05, 3.63) is 0 Å². The number of rotatable bonds is 3. The number of ether oxygens (including phenoxy) is 2. The highest BCUT2D eigenvalue weighted by molar-refractivity contribution is 5.72. The highest BCUT2D eigenvalue weighted by Gasteiger charge is 2.45. The van der Waals surface area contributed by atoms with Crippen LogP contribution in [0.2, 0.25) is 0 Å². The fourth-order valence-corrected chi connectivity index (χ4v) is 4.02. The summed E-state index contributed by atoms with van der Waals surface area (Å²) in [5, 5.41) is 0. The van der Waals surface area contributed by atoms with E-state index in [4.69, 9.17) is 9.47 Å². The first-order chi connectivity index (χ1) is 8.79. The van der Waals surface area contributed by atoms with Crippen molar-refractivity contribution in [3.8, 4) is 0 Å². The number of esters is 1. The molecule has 0 spiro atoms. The molecular weight excluding hydrogens is 228 g/mol. The average molecular weight is 250 g/mol. The van der Waals surface area contributed by atoms with Crippen LogP contribution in [0.25, 0.3) is 0 Å². The van der Waals surface area contributed by atoms with E-state index in [-0.39, 0.29) is 11.9 Å². The molecule has 3 saturated carbocycles. The zero-order chi connectivity index (χ0) is 12.1. The van der Waals surface area contributed by atoms with E-state index in [1.54, 1.807) is 0 Å². The molecule has 0 bridgehead atoms. The van der Waals surface area contributed by atoms with Gasteiger partial charge in [-0.15, -0.1) is 0 Å². The number of hydrogen-bond acceptors (Lipinski definition) is 3. The van der Waals surface area contributed by atoms with Crippen LogP contribution in [0.5, 0.6) is 0 Å². The minimum atomic E-state index is 0.0826. The molecule has 1 heterocycles. The van der Waals surface area contributed by atoms with Gasteiger partial charge in [-0.25, -0.2) is 0 Å². The van der Waals surface area contributed by atoms with Gasteiger partial charge in [-0.05, 0) is 62.7 Å². The zero-order valence-electron chi connectivity index (χ0n) is 10.8. The number of carbonyl (C=O) groups is 1. The zero-order valence-corrected chi connectivity index (χ0v) is 10.8. The van der Waals surface area contributed by atoms with Crippen LogP contribution in [0.1, 0.15) is 44.9 Å². The second kappa shape index (κ2) is 4.22. The van der Waals surface area contributed by atoms with Crippen molar-refractivity contribution in [1.82, 2.24) is 0 Å². The van der Waals surface area contributed by atoms with E-state index < -0.39 is 0 Å². The molecular formula is C15H22O3. The van der Waals surface area contributed by atoms with Crippen LogP contribution in [0.3, 0.4) is 0 Å². The maximum absolute atomic E-state index is 12.0. The summed E-state index contributed by atoms with van der Waals surface area (Å²) in [5.41, 5.74) is 0. The Morgan fingerprint density at radius 3 is 2.78 bits per heavy atom. The molecule has 0 amide bonds. The van der Waals surface area contributed by atoms with Gasteiger partial charge in [0, 0.05) is 0 Å². The lowest BCUT2D eigenvalue weighted by molar-refractivity contribution is -0.151. The van der Waals surface area contributed by atoms with Crippen molar-refractivity contribution in [1.29, 1.82) is 0 Å². The van der Waals surface area contributed by atoms with Crippen molar-refractivity contribution in [2.24, 2.45) is 23.7 Å². The molecule has 100 valence electrons. The fraction of sp³-hybridized carbons (Fsp3) is 0.933. The van der Waals surface area contributed by atoms with Crippen molar-refractivity contribution < 1.29 is 14.3 Å². The van der Waals surface area contributed by atoms with E-state index in [1.807, 2.05) is 0 Å². The summed E-state index contributed by atoms with van der Waals surface area (Å²) in [4.78, 5) is 12.0. The third kappa shape index (κ3) is 2.18. The Balaban J connectivity index is 1.23. The predicted molar refractivity (Wildman–Crippen MR) is 65.9 cm³/mol. The van der Waals surface area contributed by atoms with Gasteiger partial charge in [0.15, 0.2) is 0 Å². The summed E-state index contributed by atoms with van der Waals surface area (Å²) in [6.07, 6.45) is 9.27. The Kier molecular flexibility index (Phi) is 2.65. The Morgan fingerprint density at radius 2 is 1.94 bits per heavy atom. The molecule has 4 rings (SSSR count). The van der Waals surface area contributed by atoms with E-state index in [0.717, 1.165) is 31.1 Å². The number of epoxide rings is 1. The highest BCUT2D eigenvalue weighted by atomic mass is 16.6. The van der Waals surface area contributed by atoms with Crippen molar-refractivity contribution in [2.75, 3.05) is 6.61 Å². The third-order valence-electron chi connectivity index (χ3n) is 5.45. The van der Waals surface area contributed by atoms with Crippen LogP contribution >= 0.6 is 0 Å². The van der Waals surface area contributed by atoms with Gasteiger partial charge in [0.25, 0.3) is 0 Å². The summed E-state index contributed by atoms with van der Waals surface area (Å²) in [6.45, 7) is 0.635. The molecule has 4 fully saturated rings. The predicted octanol–water partition coefficient (Wildman–Crippen LogP) is 2.53. The van der Waals surface area contributed by atoms with Gasteiger partial charge in [0.05, 0.1) is 24.7 Å². The maximum Gasteiger partial charge on any atom is 0.308 e. The second-order valence-corrected chi connectivity index (χ2v) is 6.79. The highest BCUT2D eigenvalue weighted by Crippen LogP contribution is 2.51. The third-order valence-corrected chi connectivity index (χ3v) is 5.45. The van der Waals surface area contributed by atoms with Gasteiger partial charge >= 0.3 is 5.97 Å². The van der Waals surface area contributed by atoms with Gasteiger partial charge in [-0.3, -0.25) is 4.79 Å². The lowest BCUT2D eigenvalue weighted by Crippen LogP contribution is -2.25. The normalized spacial score (nSPS) is 48.9. The molecule has 1 saturated heterocycles. The van der Waals surface area contributed by atoms with Crippen LogP contribution in [0.15, 0.2) is 0 Å². The number of fused-ring (bicyclic) bond motifs is 2. The maximum atomic E-state index is 12.0. The molecule has 0 aromatic carbocycles. The Labute approximate surface area is 108 Å². The SMILES string of the molecule is O=C(OCC1CCC2OC2C1)C1CCC2CC2C1. The molecule has 0 radical (unpaired) electrons. The summed E-state index contributed by atoms with van der Waals surface area (Å²) in [5.74, 6) is 2.65. The van der Waals surface area contributed by atoms with E-state index in [2.05, 4.69) is 0 Å². The van der Waals surface area contributed by atoms with Crippen LogP contribution in [0.4, 0.5) is 0 Å². The van der Waals surface area contributed by atoms with E-state index in [9.17, 15) is 4.79 Å². The number of carbonyl (C=O) groups excluding carboxylic acids is 1. The molecule has 1 aliphatic heterocycles.